The maximum Gasteiger partial charge on any atom is 0.230 e. The molecule has 1 fully saturated rings. The van der Waals surface area contributed by atoms with E-state index in [0.717, 1.165) is 25.9 Å². The fourth-order valence-electron chi connectivity index (χ4n) is 2.84. The second kappa shape index (κ2) is 8.15. The molecule has 1 amide bonds. The van der Waals surface area contributed by atoms with E-state index < -0.39 is 0 Å². The standard InChI is InChI=1S/C18H29N3OS/c1-14(15-5-9-19-10-6-15)21-11-7-16(8-12-21)20-17(22)13-23-18(2,3)4/h5-6,9-10,14,16H,7-8,11-13H2,1-4H3,(H,20,22)/t14-/m0/s1. The quantitative estimate of drug-likeness (QED) is 0.897. The first-order chi connectivity index (χ1) is 10.8. The number of aromatic nitrogens is 1. The molecule has 2 heterocycles. The summed E-state index contributed by atoms with van der Waals surface area (Å²) in [6.45, 7) is 10.7. The van der Waals surface area contributed by atoms with Gasteiger partial charge in [0.2, 0.25) is 5.91 Å². The first-order valence-electron chi connectivity index (χ1n) is 8.42. The molecule has 5 heteroatoms. The Morgan fingerprint density at radius 1 is 1.35 bits per heavy atom. The summed E-state index contributed by atoms with van der Waals surface area (Å²) in [7, 11) is 0. The zero-order valence-corrected chi connectivity index (χ0v) is 15.5. The van der Waals surface area contributed by atoms with Gasteiger partial charge in [-0.15, -0.1) is 11.8 Å². The van der Waals surface area contributed by atoms with Crippen molar-refractivity contribution in [1.82, 2.24) is 15.2 Å². The van der Waals surface area contributed by atoms with E-state index in [0.29, 0.717) is 17.8 Å². The minimum atomic E-state index is 0.140. The highest BCUT2D eigenvalue weighted by Gasteiger charge is 2.24. The maximum atomic E-state index is 12.0. The molecule has 2 rings (SSSR count). The summed E-state index contributed by atoms with van der Waals surface area (Å²) in [6.07, 6.45) is 5.76. The van der Waals surface area contributed by atoms with Crippen molar-refractivity contribution >= 4 is 17.7 Å². The lowest BCUT2D eigenvalue weighted by Crippen LogP contribution is -2.45. The lowest BCUT2D eigenvalue weighted by molar-refractivity contribution is -0.119. The summed E-state index contributed by atoms with van der Waals surface area (Å²) < 4.78 is 0.140. The van der Waals surface area contributed by atoms with Crippen molar-refractivity contribution < 1.29 is 4.79 Å². The molecule has 23 heavy (non-hydrogen) atoms. The lowest BCUT2D eigenvalue weighted by Gasteiger charge is -2.36. The van der Waals surface area contributed by atoms with Crippen LogP contribution in [0.25, 0.3) is 0 Å². The van der Waals surface area contributed by atoms with Gasteiger partial charge in [0.15, 0.2) is 0 Å². The Kier molecular flexibility index (Phi) is 6.48. The molecule has 1 aromatic rings. The largest absolute Gasteiger partial charge is 0.353 e. The third kappa shape index (κ3) is 6.15. The van der Waals surface area contributed by atoms with Gasteiger partial charge in [-0.05, 0) is 37.5 Å². The number of piperidine rings is 1. The third-order valence-electron chi connectivity index (χ3n) is 4.27. The Morgan fingerprint density at radius 3 is 2.52 bits per heavy atom. The number of hydrogen-bond acceptors (Lipinski definition) is 4. The van der Waals surface area contributed by atoms with Gasteiger partial charge in [-0.25, -0.2) is 0 Å². The highest BCUT2D eigenvalue weighted by molar-refractivity contribution is 8.01. The van der Waals surface area contributed by atoms with Crippen molar-refractivity contribution in [3.8, 4) is 0 Å². The van der Waals surface area contributed by atoms with Gasteiger partial charge >= 0.3 is 0 Å². The highest BCUT2D eigenvalue weighted by atomic mass is 32.2. The van der Waals surface area contributed by atoms with Crippen LogP contribution in [-0.2, 0) is 4.79 Å². The Bertz CT molecular complexity index is 493. The van der Waals surface area contributed by atoms with Gasteiger partial charge < -0.3 is 5.32 Å². The van der Waals surface area contributed by atoms with Crippen LogP contribution in [-0.4, -0.2) is 45.4 Å². The molecule has 1 N–H and O–H groups in total. The summed E-state index contributed by atoms with van der Waals surface area (Å²) in [5.41, 5.74) is 1.31. The molecular weight excluding hydrogens is 306 g/mol. The van der Waals surface area contributed by atoms with E-state index in [1.165, 1.54) is 5.56 Å². The van der Waals surface area contributed by atoms with Crippen molar-refractivity contribution in [2.45, 2.75) is 57.4 Å². The zero-order valence-electron chi connectivity index (χ0n) is 14.7. The molecule has 128 valence electrons. The second-order valence-electron chi connectivity index (χ2n) is 7.24. The molecule has 0 aromatic carbocycles. The molecular formula is C18H29N3OS. The molecule has 0 bridgehead atoms. The van der Waals surface area contributed by atoms with Gasteiger partial charge in [-0.2, -0.15) is 0 Å². The number of thioether (sulfide) groups is 1. The molecule has 1 saturated heterocycles. The average molecular weight is 336 g/mol. The smallest absolute Gasteiger partial charge is 0.230 e. The summed E-state index contributed by atoms with van der Waals surface area (Å²) in [5.74, 6) is 0.725. The van der Waals surface area contributed by atoms with Gasteiger partial charge in [-0.3, -0.25) is 14.7 Å². The van der Waals surface area contributed by atoms with Gasteiger partial charge in [0.25, 0.3) is 0 Å². The number of hydrogen-bond donors (Lipinski definition) is 1. The second-order valence-corrected chi connectivity index (χ2v) is 9.04. The third-order valence-corrected chi connectivity index (χ3v) is 5.54. The Morgan fingerprint density at radius 2 is 1.96 bits per heavy atom. The number of carbonyl (C=O) groups excluding carboxylic acids is 1. The highest BCUT2D eigenvalue weighted by Crippen LogP contribution is 2.25. The SMILES string of the molecule is C[C@@H](c1ccncc1)N1CCC(NC(=O)CSC(C)(C)C)CC1. The monoisotopic (exact) mass is 335 g/mol. The molecule has 0 saturated carbocycles. The summed E-state index contributed by atoms with van der Waals surface area (Å²) in [4.78, 5) is 18.6. The van der Waals surface area contributed by atoms with E-state index in [9.17, 15) is 4.79 Å². The minimum Gasteiger partial charge on any atom is -0.353 e. The molecule has 1 aliphatic rings. The van der Waals surface area contributed by atoms with Gasteiger partial charge in [0.05, 0.1) is 5.75 Å². The number of nitrogens with one attached hydrogen (secondary N) is 1. The molecule has 0 spiro atoms. The van der Waals surface area contributed by atoms with Gasteiger partial charge in [-0.1, -0.05) is 20.8 Å². The number of likely N-dealkylation sites (tertiary alicyclic amines) is 1. The van der Waals surface area contributed by atoms with Gasteiger partial charge in [0, 0.05) is 42.3 Å². The number of carbonyl (C=O) groups is 1. The van der Waals surface area contributed by atoms with E-state index in [1.54, 1.807) is 11.8 Å². The van der Waals surface area contributed by atoms with Crippen LogP contribution in [0, 0.1) is 0 Å². The summed E-state index contributed by atoms with van der Waals surface area (Å²) in [5, 5.41) is 3.19. The van der Waals surface area contributed by atoms with Crippen LogP contribution in [0.4, 0.5) is 0 Å². The van der Waals surface area contributed by atoms with Crippen LogP contribution in [0.3, 0.4) is 0 Å². The normalized spacial score (nSPS) is 18.6. The number of rotatable bonds is 5. The first-order valence-corrected chi connectivity index (χ1v) is 9.41. The average Bonchev–Trinajstić information content (AvgIpc) is 2.53. The van der Waals surface area contributed by atoms with E-state index in [2.05, 4.69) is 55.0 Å². The molecule has 0 unspecified atom stereocenters. The fourth-order valence-corrected chi connectivity index (χ4v) is 3.48. The van der Waals surface area contributed by atoms with Crippen LogP contribution in [0.2, 0.25) is 0 Å². The number of nitrogens with zero attached hydrogens (tertiary/aromatic N) is 2. The van der Waals surface area contributed by atoms with Crippen molar-refractivity contribution in [2.75, 3.05) is 18.8 Å². The van der Waals surface area contributed by atoms with Crippen LogP contribution in [0.1, 0.15) is 52.1 Å². The Balaban J connectivity index is 1.74. The van der Waals surface area contributed by atoms with E-state index >= 15 is 0 Å². The topological polar surface area (TPSA) is 45.2 Å². The predicted molar refractivity (Wildman–Crippen MR) is 97.6 cm³/mol. The van der Waals surface area contributed by atoms with Crippen molar-refractivity contribution in [3.63, 3.8) is 0 Å². The first kappa shape index (κ1) is 18.3. The Labute approximate surface area is 144 Å². The van der Waals surface area contributed by atoms with Crippen LogP contribution < -0.4 is 5.32 Å². The van der Waals surface area contributed by atoms with Gasteiger partial charge in [0.1, 0.15) is 0 Å². The predicted octanol–water partition coefficient (Wildman–Crippen LogP) is 3.25. The van der Waals surface area contributed by atoms with E-state index in [-0.39, 0.29) is 10.7 Å². The number of pyridine rings is 1. The van der Waals surface area contributed by atoms with Crippen LogP contribution in [0.15, 0.2) is 24.5 Å². The van der Waals surface area contributed by atoms with Crippen LogP contribution in [0.5, 0.6) is 0 Å². The molecule has 1 atom stereocenters. The van der Waals surface area contributed by atoms with Crippen molar-refractivity contribution in [1.29, 1.82) is 0 Å². The number of amides is 1. The summed E-state index contributed by atoms with van der Waals surface area (Å²) >= 11 is 1.70. The van der Waals surface area contributed by atoms with E-state index in [4.69, 9.17) is 0 Å². The minimum absolute atomic E-state index is 0.140. The molecule has 4 nitrogen and oxygen atoms in total. The lowest BCUT2D eigenvalue weighted by atomic mass is 10.0. The molecule has 1 aliphatic heterocycles. The maximum absolute atomic E-state index is 12.0. The van der Waals surface area contributed by atoms with Crippen LogP contribution >= 0.6 is 11.8 Å². The van der Waals surface area contributed by atoms with Crippen molar-refractivity contribution in [2.24, 2.45) is 0 Å². The Hall–Kier alpha value is -1.07. The van der Waals surface area contributed by atoms with Crippen molar-refractivity contribution in [3.05, 3.63) is 30.1 Å². The summed E-state index contributed by atoms with van der Waals surface area (Å²) in [6, 6.07) is 4.90. The molecule has 1 aromatic heterocycles. The zero-order chi connectivity index (χ0) is 16.9. The molecule has 0 radical (unpaired) electrons. The molecule has 0 aliphatic carbocycles. The fraction of sp³-hybridized carbons (Fsp3) is 0.667. The van der Waals surface area contributed by atoms with E-state index in [1.807, 2.05) is 12.4 Å².